The van der Waals surface area contributed by atoms with Crippen LogP contribution in [0.2, 0.25) is 0 Å². The molecule has 1 fully saturated rings. The third kappa shape index (κ3) is 4.46. The summed E-state index contributed by atoms with van der Waals surface area (Å²) in [5.74, 6) is 0.0480. The topological polar surface area (TPSA) is 44.4 Å². The zero-order valence-electron chi connectivity index (χ0n) is 13.4. The van der Waals surface area contributed by atoms with Crippen molar-refractivity contribution in [2.24, 2.45) is 0 Å². The van der Waals surface area contributed by atoms with Crippen molar-refractivity contribution < 1.29 is 4.79 Å². The van der Waals surface area contributed by atoms with Crippen molar-refractivity contribution in [1.29, 1.82) is 0 Å². The summed E-state index contributed by atoms with van der Waals surface area (Å²) in [7, 11) is 2.13. The highest BCUT2D eigenvalue weighted by atomic mass is 16.1. The number of aryl methyl sites for hydroxylation is 1. The van der Waals surface area contributed by atoms with Crippen molar-refractivity contribution in [2.75, 3.05) is 32.0 Å². The molecule has 1 aromatic rings. The average Bonchev–Trinajstić information content (AvgIpc) is 2.48. The van der Waals surface area contributed by atoms with Crippen LogP contribution in [0.3, 0.4) is 0 Å². The number of benzene rings is 1. The number of nitrogens with one attached hydrogen (secondary N) is 2. The number of carbonyl (C=O) groups is 1. The second-order valence-electron chi connectivity index (χ2n) is 6.03. The molecule has 0 aromatic heterocycles. The van der Waals surface area contributed by atoms with Crippen LogP contribution in [0.5, 0.6) is 0 Å². The summed E-state index contributed by atoms with van der Waals surface area (Å²) < 4.78 is 0. The summed E-state index contributed by atoms with van der Waals surface area (Å²) in [5.41, 5.74) is 2.82. The van der Waals surface area contributed by atoms with Crippen LogP contribution in [0.15, 0.2) is 18.2 Å². The summed E-state index contributed by atoms with van der Waals surface area (Å²) >= 11 is 0. The molecule has 0 spiro atoms. The number of hydrogen-bond acceptors (Lipinski definition) is 3. The molecule has 1 amide bonds. The van der Waals surface area contributed by atoms with Gasteiger partial charge >= 0.3 is 0 Å². The highest BCUT2D eigenvalue weighted by Crippen LogP contribution is 2.18. The molecule has 0 unspecified atom stereocenters. The van der Waals surface area contributed by atoms with E-state index < -0.39 is 0 Å². The lowest BCUT2D eigenvalue weighted by atomic mass is 10.0. The standard InChI is InChI=1S/C17H27N3O/c1-4-9-18-16-6-5-13(2)12-15(16)17(21)19-14-7-10-20(3)11-8-14/h5-6,12,14,18H,4,7-11H2,1-3H3,(H,19,21). The van der Waals surface area contributed by atoms with Crippen LogP contribution < -0.4 is 10.6 Å². The van der Waals surface area contributed by atoms with Crippen molar-refractivity contribution in [3.63, 3.8) is 0 Å². The van der Waals surface area contributed by atoms with E-state index in [1.54, 1.807) is 0 Å². The van der Waals surface area contributed by atoms with Gasteiger partial charge in [0.2, 0.25) is 0 Å². The van der Waals surface area contributed by atoms with Crippen LogP contribution >= 0.6 is 0 Å². The van der Waals surface area contributed by atoms with Crippen LogP contribution in [0, 0.1) is 6.92 Å². The van der Waals surface area contributed by atoms with E-state index in [1.807, 2.05) is 25.1 Å². The predicted molar refractivity (Wildman–Crippen MR) is 87.9 cm³/mol. The van der Waals surface area contributed by atoms with Crippen LogP contribution in [-0.4, -0.2) is 43.5 Å². The Morgan fingerprint density at radius 1 is 1.33 bits per heavy atom. The maximum Gasteiger partial charge on any atom is 0.253 e. The van der Waals surface area contributed by atoms with Crippen LogP contribution in [0.25, 0.3) is 0 Å². The van der Waals surface area contributed by atoms with E-state index in [1.165, 1.54) is 0 Å². The first kappa shape index (κ1) is 15.8. The largest absolute Gasteiger partial charge is 0.384 e. The van der Waals surface area contributed by atoms with Gasteiger partial charge < -0.3 is 15.5 Å². The Kier molecular flexibility index (Phi) is 5.62. The molecule has 2 N–H and O–H groups in total. The van der Waals surface area contributed by atoms with Gasteiger partial charge in [0.15, 0.2) is 0 Å². The zero-order chi connectivity index (χ0) is 15.2. The fourth-order valence-corrected chi connectivity index (χ4v) is 2.68. The van der Waals surface area contributed by atoms with Crippen molar-refractivity contribution in [3.05, 3.63) is 29.3 Å². The summed E-state index contributed by atoms with van der Waals surface area (Å²) in [6.07, 6.45) is 3.11. The monoisotopic (exact) mass is 289 g/mol. The smallest absolute Gasteiger partial charge is 0.253 e. The van der Waals surface area contributed by atoms with E-state index in [0.29, 0.717) is 6.04 Å². The van der Waals surface area contributed by atoms with Gasteiger partial charge in [0.25, 0.3) is 5.91 Å². The second kappa shape index (κ2) is 7.46. The van der Waals surface area contributed by atoms with Crippen LogP contribution in [0.4, 0.5) is 5.69 Å². The Labute approximate surface area is 127 Å². The van der Waals surface area contributed by atoms with Crippen LogP contribution in [-0.2, 0) is 0 Å². The van der Waals surface area contributed by atoms with Crippen molar-refractivity contribution in [2.45, 2.75) is 39.2 Å². The van der Waals surface area contributed by atoms with Gasteiger partial charge in [0.05, 0.1) is 5.56 Å². The molecule has 0 aliphatic carbocycles. The lowest BCUT2D eigenvalue weighted by molar-refractivity contribution is 0.0917. The SMILES string of the molecule is CCCNc1ccc(C)cc1C(=O)NC1CCN(C)CC1. The minimum absolute atomic E-state index is 0.0480. The Hall–Kier alpha value is -1.55. The van der Waals surface area contributed by atoms with E-state index in [2.05, 4.69) is 29.5 Å². The minimum atomic E-state index is 0.0480. The van der Waals surface area contributed by atoms with Gasteiger partial charge in [0, 0.05) is 18.3 Å². The number of piperidine rings is 1. The molecule has 2 rings (SSSR count). The first-order valence-corrected chi connectivity index (χ1v) is 7.94. The highest BCUT2D eigenvalue weighted by molar-refractivity contribution is 6.00. The van der Waals surface area contributed by atoms with E-state index >= 15 is 0 Å². The van der Waals surface area contributed by atoms with Crippen molar-refractivity contribution in [3.8, 4) is 0 Å². The molecule has 1 saturated heterocycles. The molecule has 4 heteroatoms. The molecule has 0 saturated carbocycles. The lowest BCUT2D eigenvalue weighted by Crippen LogP contribution is -2.43. The molecule has 0 radical (unpaired) electrons. The van der Waals surface area contributed by atoms with Gasteiger partial charge in [-0.1, -0.05) is 18.6 Å². The molecule has 21 heavy (non-hydrogen) atoms. The molecule has 1 aliphatic heterocycles. The first-order valence-electron chi connectivity index (χ1n) is 7.94. The van der Waals surface area contributed by atoms with Crippen molar-refractivity contribution in [1.82, 2.24) is 10.2 Å². The van der Waals surface area contributed by atoms with Crippen LogP contribution in [0.1, 0.15) is 42.1 Å². The summed E-state index contributed by atoms with van der Waals surface area (Å²) in [6, 6.07) is 6.33. The number of hydrogen-bond donors (Lipinski definition) is 2. The van der Waals surface area contributed by atoms with Gasteiger partial charge in [-0.05, 0) is 58.5 Å². The Morgan fingerprint density at radius 2 is 2.05 bits per heavy atom. The van der Waals surface area contributed by atoms with Gasteiger partial charge in [-0.3, -0.25) is 4.79 Å². The van der Waals surface area contributed by atoms with Gasteiger partial charge in [-0.2, -0.15) is 0 Å². The third-order valence-corrected chi connectivity index (χ3v) is 4.04. The molecular formula is C17H27N3O. The summed E-state index contributed by atoms with van der Waals surface area (Å²) in [5, 5.41) is 6.54. The number of carbonyl (C=O) groups excluding carboxylic acids is 1. The fourth-order valence-electron chi connectivity index (χ4n) is 2.68. The number of anilines is 1. The molecule has 1 heterocycles. The lowest BCUT2D eigenvalue weighted by Gasteiger charge is -2.29. The predicted octanol–water partition coefficient (Wildman–Crippen LogP) is 2.64. The van der Waals surface area contributed by atoms with E-state index in [-0.39, 0.29) is 5.91 Å². The van der Waals surface area contributed by atoms with Gasteiger partial charge in [0.1, 0.15) is 0 Å². The Morgan fingerprint density at radius 3 is 2.71 bits per heavy atom. The van der Waals surface area contributed by atoms with Crippen molar-refractivity contribution >= 4 is 11.6 Å². The van der Waals surface area contributed by atoms with E-state index in [4.69, 9.17) is 0 Å². The zero-order valence-corrected chi connectivity index (χ0v) is 13.4. The molecule has 0 bridgehead atoms. The van der Waals surface area contributed by atoms with Gasteiger partial charge in [-0.15, -0.1) is 0 Å². The summed E-state index contributed by atoms with van der Waals surface area (Å²) in [6.45, 7) is 7.15. The highest BCUT2D eigenvalue weighted by Gasteiger charge is 2.20. The molecule has 1 aliphatic rings. The molecule has 0 atom stereocenters. The van der Waals surface area contributed by atoms with E-state index in [0.717, 1.165) is 55.7 Å². The van der Waals surface area contributed by atoms with Gasteiger partial charge in [-0.25, -0.2) is 0 Å². The number of rotatable bonds is 5. The quantitative estimate of drug-likeness (QED) is 0.876. The number of nitrogens with zero attached hydrogens (tertiary/aromatic N) is 1. The second-order valence-corrected chi connectivity index (χ2v) is 6.03. The molecule has 1 aromatic carbocycles. The normalized spacial score (nSPS) is 16.7. The number of likely N-dealkylation sites (tertiary alicyclic amines) is 1. The molecule has 116 valence electrons. The minimum Gasteiger partial charge on any atom is -0.384 e. The fraction of sp³-hybridized carbons (Fsp3) is 0.588. The maximum atomic E-state index is 12.6. The average molecular weight is 289 g/mol. The maximum absolute atomic E-state index is 12.6. The summed E-state index contributed by atoms with van der Waals surface area (Å²) in [4.78, 5) is 14.9. The molecule has 4 nitrogen and oxygen atoms in total. The molecular weight excluding hydrogens is 262 g/mol. The third-order valence-electron chi connectivity index (χ3n) is 4.04. The number of amides is 1. The Balaban J connectivity index is 2.05. The first-order chi connectivity index (χ1) is 10.1. The van der Waals surface area contributed by atoms with E-state index in [9.17, 15) is 4.79 Å². The Bertz CT molecular complexity index is 479.